The van der Waals surface area contributed by atoms with Crippen LogP contribution in [0.4, 0.5) is 8.78 Å². The van der Waals surface area contributed by atoms with Crippen LogP contribution in [-0.2, 0) is 0 Å². The summed E-state index contributed by atoms with van der Waals surface area (Å²) in [7, 11) is 0. The smallest absolute Gasteiger partial charge is 0.387 e. The van der Waals surface area contributed by atoms with Crippen molar-refractivity contribution in [2.24, 2.45) is 0 Å². The fourth-order valence-corrected chi connectivity index (χ4v) is 2.44. The van der Waals surface area contributed by atoms with Crippen LogP contribution in [0.5, 0.6) is 11.5 Å². The first-order valence-electron chi connectivity index (χ1n) is 8.34. The molecule has 0 amide bonds. The number of benzene rings is 2. The molecule has 3 rings (SSSR count). The Morgan fingerprint density at radius 1 is 1.21 bits per heavy atom. The molecule has 28 heavy (non-hydrogen) atoms. The van der Waals surface area contributed by atoms with E-state index < -0.39 is 6.61 Å². The van der Waals surface area contributed by atoms with Crippen molar-refractivity contribution in [3.8, 4) is 17.2 Å². The quantitative estimate of drug-likeness (QED) is 0.435. The predicted octanol–water partition coefficient (Wildman–Crippen LogP) is 3.56. The van der Waals surface area contributed by atoms with Gasteiger partial charge in [-0.15, -0.1) is 5.10 Å². The maximum absolute atomic E-state index is 12.5. The van der Waals surface area contributed by atoms with Gasteiger partial charge in [-0.1, -0.05) is 24.3 Å². The van der Waals surface area contributed by atoms with Crippen LogP contribution < -0.4 is 9.47 Å². The molecule has 0 N–H and O–H groups in total. The minimum atomic E-state index is -2.95. The highest BCUT2D eigenvalue weighted by atomic mass is 19.3. The highest BCUT2D eigenvalue weighted by Gasteiger charge is 2.11. The number of allylic oxidation sites excluding steroid dienone is 1. The van der Waals surface area contributed by atoms with Crippen molar-refractivity contribution in [1.29, 1.82) is 0 Å². The summed E-state index contributed by atoms with van der Waals surface area (Å²) in [5.74, 6) is -0.117. The number of hydrogen-bond donors (Lipinski definition) is 0. The Morgan fingerprint density at radius 2 is 2.07 bits per heavy atom. The van der Waals surface area contributed by atoms with Crippen LogP contribution in [-0.4, -0.2) is 39.2 Å². The molecule has 0 aliphatic heterocycles. The average Bonchev–Trinajstić information content (AvgIpc) is 3.23. The van der Waals surface area contributed by atoms with Crippen molar-refractivity contribution in [2.75, 3.05) is 6.61 Å². The topological polar surface area (TPSA) is 79.1 Å². The number of hydrogen-bond acceptors (Lipinski definition) is 6. The molecule has 0 radical (unpaired) electrons. The zero-order chi connectivity index (χ0) is 19.9. The van der Waals surface area contributed by atoms with E-state index in [0.29, 0.717) is 16.8 Å². The summed E-state index contributed by atoms with van der Waals surface area (Å²) in [5, 5.41) is 10.9. The van der Waals surface area contributed by atoms with E-state index >= 15 is 0 Å². The first kappa shape index (κ1) is 19.2. The molecular weight excluding hydrogens is 370 g/mol. The zero-order valence-corrected chi connectivity index (χ0v) is 14.8. The number of carbonyl (C=O) groups excluding carboxylic acids is 1. The van der Waals surface area contributed by atoms with Gasteiger partial charge in [0.2, 0.25) is 0 Å². The van der Waals surface area contributed by atoms with E-state index in [1.807, 2.05) is 0 Å². The summed E-state index contributed by atoms with van der Waals surface area (Å²) in [6, 6.07) is 11.3. The van der Waals surface area contributed by atoms with Gasteiger partial charge in [-0.3, -0.25) is 4.79 Å². The average molecular weight is 386 g/mol. The molecule has 0 aliphatic carbocycles. The van der Waals surface area contributed by atoms with E-state index in [2.05, 4.69) is 20.3 Å². The molecule has 144 valence electrons. The number of ether oxygens (including phenoxy) is 2. The number of nitrogens with zero attached hydrogens (tertiary/aromatic N) is 4. The second kappa shape index (κ2) is 8.85. The third-order valence-corrected chi connectivity index (χ3v) is 3.66. The molecule has 7 nitrogen and oxygen atoms in total. The van der Waals surface area contributed by atoms with Gasteiger partial charge in [0.05, 0.1) is 12.3 Å². The van der Waals surface area contributed by atoms with E-state index in [0.717, 1.165) is 0 Å². The van der Waals surface area contributed by atoms with Crippen molar-refractivity contribution in [3.63, 3.8) is 0 Å². The summed E-state index contributed by atoms with van der Waals surface area (Å²) < 4.78 is 36.1. The van der Waals surface area contributed by atoms with Gasteiger partial charge in [0.1, 0.15) is 6.33 Å². The van der Waals surface area contributed by atoms with Crippen molar-refractivity contribution >= 4 is 11.9 Å². The van der Waals surface area contributed by atoms with Crippen LogP contribution in [0.1, 0.15) is 22.8 Å². The van der Waals surface area contributed by atoms with Gasteiger partial charge in [-0.25, -0.2) is 4.68 Å². The number of aromatic nitrogens is 4. The SMILES string of the molecule is CCOc1cc(/C=C/C(=O)c2cccc(-n3cnnn3)c2)ccc1OC(F)F. The van der Waals surface area contributed by atoms with E-state index in [9.17, 15) is 13.6 Å². The van der Waals surface area contributed by atoms with E-state index in [-0.39, 0.29) is 23.9 Å². The van der Waals surface area contributed by atoms with Gasteiger partial charge in [0.25, 0.3) is 0 Å². The highest BCUT2D eigenvalue weighted by Crippen LogP contribution is 2.30. The summed E-state index contributed by atoms with van der Waals surface area (Å²) in [4.78, 5) is 12.5. The summed E-state index contributed by atoms with van der Waals surface area (Å²) >= 11 is 0. The molecule has 0 saturated carbocycles. The lowest BCUT2D eigenvalue weighted by Crippen LogP contribution is -2.04. The molecule has 0 atom stereocenters. The van der Waals surface area contributed by atoms with E-state index in [1.54, 1.807) is 43.3 Å². The summed E-state index contributed by atoms with van der Waals surface area (Å²) in [6.07, 6.45) is 4.38. The molecule has 1 aromatic heterocycles. The van der Waals surface area contributed by atoms with Crippen molar-refractivity contribution in [3.05, 3.63) is 66.0 Å². The maximum atomic E-state index is 12.5. The van der Waals surface area contributed by atoms with Gasteiger partial charge in [-0.2, -0.15) is 8.78 Å². The first-order chi connectivity index (χ1) is 13.6. The standard InChI is InChI=1S/C19H16F2N4O3/c1-2-27-18-10-13(7-9-17(18)28-19(20)21)6-8-16(26)14-4-3-5-15(11-14)25-12-22-23-24-25/h3-12,19H,2H2,1H3/b8-6+. The molecule has 3 aromatic rings. The second-order valence-electron chi connectivity index (χ2n) is 5.52. The fourth-order valence-electron chi connectivity index (χ4n) is 2.44. The number of carbonyl (C=O) groups is 1. The highest BCUT2D eigenvalue weighted by molar-refractivity contribution is 6.07. The Bertz CT molecular complexity index is 975. The molecule has 0 bridgehead atoms. The third kappa shape index (κ3) is 4.76. The molecule has 0 saturated heterocycles. The molecule has 0 fully saturated rings. The molecule has 1 heterocycles. The summed E-state index contributed by atoms with van der Waals surface area (Å²) in [5.41, 5.74) is 1.71. The van der Waals surface area contributed by atoms with Gasteiger partial charge >= 0.3 is 6.61 Å². The van der Waals surface area contributed by atoms with E-state index in [1.165, 1.54) is 29.2 Å². The van der Waals surface area contributed by atoms with Crippen molar-refractivity contribution in [2.45, 2.75) is 13.5 Å². The van der Waals surface area contributed by atoms with Crippen molar-refractivity contribution < 1.29 is 23.0 Å². The van der Waals surface area contributed by atoms with Gasteiger partial charge in [0.15, 0.2) is 17.3 Å². The van der Waals surface area contributed by atoms with Crippen LogP contribution >= 0.6 is 0 Å². The van der Waals surface area contributed by atoms with E-state index in [4.69, 9.17) is 4.74 Å². The van der Waals surface area contributed by atoms with Crippen LogP contribution in [0, 0.1) is 0 Å². The third-order valence-electron chi connectivity index (χ3n) is 3.66. The van der Waals surface area contributed by atoms with Crippen LogP contribution in [0.15, 0.2) is 54.9 Å². The lowest BCUT2D eigenvalue weighted by Gasteiger charge is -2.11. The minimum absolute atomic E-state index is 0.0607. The molecule has 2 aromatic carbocycles. The molecule has 0 aliphatic rings. The van der Waals surface area contributed by atoms with Crippen LogP contribution in [0.2, 0.25) is 0 Å². The van der Waals surface area contributed by atoms with Gasteiger partial charge in [0, 0.05) is 5.56 Å². The molecule has 9 heteroatoms. The fraction of sp³-hybridized carbons (Fsp3) is 0.158. The van der Waals surface area contributed by atoms with Gasteiger partial charge in [-0.05, 0) is 53.3 Å². The van der Waals surface area contributed by atoms with Crippen LogP contribution in [0.3, 0.4) is 0 Å². The predicted molar refractivity (Wildman–Crippen MR) is 96.8 cm³/mol. The maximum Gasteiger partial charge on any atom is 0.387 e. The number of tetrazole rings is 1. The number of alkyl halides is 2. The first-order valence-corrected chi connectivity index (χ1v) is 8.34. The lowest BCUT2D eigenvalue weighted by molar-refractivity contribution is -0.0514. The monoisotopic (exact) mass is 386 g/mol. The second-order valence-corrected chi connectivity index (χ2v) is 5.52. The summed E-state index contributed by atoms with van der Waals surface area (Å²) in [6.45, 7) is -0.930. The van der Waals surface area contributed by atoms with Gasteiger partial charge < -0.3 is 9.47 Å². The Labute approximate surface area is 159 Å². The molecule has 0 spiro atoms. The number of halogens is 2. The minimum Gasteiger partial charge on any atom is -0.490 e. The normalized spacial score (nSPS) is 11.1. The largest absolute Gasteiger partial charge is 0.490 e. The number of rotatable bonds is 8. The Balaban J connectivity index is 1.78. The Morgan fingerprint density at radius 3 is 2.79 bits per heavy atom. The molecular formula is C19H16F2N4O3. The zero-order valence-electron chi connectivity index (χ0n) is 14.8. The lowest BCUT2D eigenvalue weighted by atomic mass is 10.1. The Hall–Kier alpha value is -3.62. The van der Waals surface area contributed by atoms with Crippen molar-refractivity contribution in [1.82, 2.24) is 20.2 Å². The Kier molecular flexibility index (Phi) is 6.05. The number of ketones is 1. The molecule has 0 unspecified atom stereocenters. The van der Waals surface area contributed by atoms with Crippen LogP contribution in [0.25, 0.3) is 11.8 Å².